The molecule has 0 unspecified atom stereocenters. The Morgan fingerprint density at radius 3 is 0.825 bits per heavy atom. The van der Waals surface area contributed by atoms with Crippen LogP contribution in [0.1, 0.15) is 105 Å². The third-order valence-corrected chi connectivity index (χ3v) is 15.8. The molecule has 0 aliphatic rings. The summed E-state index contributed by atoms with van der Waals surface area (Å²) in [5, 5.41) is 1.29. The van der Waals surface area contributed by atoms with Gasteiger partial charge in [0.05, 0.1) is 11.4 Å². The zero-order valence-corrected chi connectivity index (χ0v) is 50.1. The van der Waals surface area contributed by atoms with Crippen LogP contribution in [0.5, 0.6) is 0 Å². The molecule has 0 radical (unpaired) electrons. The topological polar surface area (TPSA) is 6.48 Å². The van der Waals surface area contributed by atoms with E-state index >= 15 is 0 Å². The fourth-order valence-corrected chi connectivity index (χ4v) is 11.2. The van der Waals surface area contributed by atoms with Crippen molar-refractivity contribution >= 4 is 57.3 Å². The van der Waals surface area contributed by atoms with E-state index in [2.05, 4.69) is 311 Å². The highest BCUT2D eigenvalue weighted by Crippen LogP contribution is 2.53. The van der Waals surface area contributed by atoms with E-state index in [4.69, 9.17) is 23.2 Å². The number of nitrogens with zero attached hydrogens (tertiary/aromatic N) is 2. The van der Waals surface area contributed by atoms with Crippen LogP contribution in [0, 0.1) is 0 Å². The lowest BCUT2D eigenvalue weighted by atomic mass is 9.83. The standard InChI is InChI=1S/C76H74Cl2N2/c1-73(2,3)57-30-16-26-52(42-57)67-38-22-39-68(53-27-17-31-58(43-53)74(4,5)6)71(67)79(63-36-20-34-61(77)48-63)65-46-56(51-24-14-13-15-25-51)47-66(50-65)80(64-37-21-35-62(78)49-64)72-69(54-28-18-32-59(44-54)75(7,8)9)40-23-41-70(72)55-29-19-33-60(45-55)76(10,11)12/h13-50H,1-12H3. The Hall–Kier alpha value is -7.62. The summed E-state index contributed by atoms with van der Waals surface area (Å²) in [5.41, 5.74) is 21.6. The van der Waals surface area contributed by atoms with E-state index in [1.54, 1.807) is 0 Å². The van der Waals surface area contributed by atoms with Gasteiger partial charge in [0.25, 0.3) is 0 Å². The van der Waals surface area contributed by atoms with E-state index in [1.165, 1.54) is 22.3 Å². The van der Waals surface area contributed by atoms with Gasteiger partial charge in [0, 0.05) is 55.0 Å². The average molecular weight is 1090 g/mol. The van der Waals surface area contributed by atoms with Gasteiger partial charge in [-0.1, -0.05) is 282 Å². The van der Waals surface area contributed by atoms with Gasteiger partial charge in [0.2, 0.25) is 0 Å². The third-order valence-electron chi connectivity index (χ3n) is 15.3. The van der Waals surface area contributed by atoms with Gasteiger partial charge in [-0.25, -0.2) is 0 Å². The maximum absolute atomic E-state index is 7.19. The molecule has 0 atom stereocenters. The van der Waals surface area contributed by atoms with Crippen molar-refractivity contribution in [3.8, 4) is 55.6 Å². The van der Waals surface area contributed by atoms with Crippen LogP contribution in [0.25, 0.3) is 55.6 Å². The van der Waals surface area contributed by atoms with E-state index in [1.807, 2.05) is 12.1 Å². The minimum atomic E-state index is -0.0819. The largest absolute Gasteiger partial charge is 0.309 e. The monoisotopic (exact) mass is 1080 g/mol. The Bertz CT molecular complexity index is 3480. The van der Waals surface area contributed by atoms with Gasteiger partial charge in [0.1, 0.15) is 0 Å². The second-order valence-corrected chi connectivity index (χ2v) is 26.3. The number of benzene rings is 10. The van der Waals surface area contributed by atoms with Crippen molar-refractivity contribution in [2.75, 3.05) is 9.80 Å². The molecule has 0 bridgehead atoms. The van der Waals surface area contributed by atoms with Crippen LogP contribution in [-0.2, 0) is 21.7 Å². The second-order valence-electron chi connectivity index (χ2n) is 25.5. The predicted octanol–water partition coefficient (Wildman–Crippen LogP) is 23.5. The summed E-state index contributed by atoms with van der Waals surface area (Å²) >= 11 is 14.4. The quantitative estimate of drug-likeness (QED) is 0.127. The summed E-state index contributed by atoms with van der Waals surface area (Å²) in [5.74, 6) is 0. The van der Waals surface area contributed by atoms with Gasteiger partial charge in [-0.3, -0.25) is 0 Å². The smallest absolute Gasteiger partial charge is 0.0618 e. The van der Waals surface area contributed by atoms with Crippen LogP contribution in [0.3, 0.4) is 0 Å². The van der Waals surface area contributed by atoms with E-state index in [0.717, 1.165) is 89.8 Å². The summed E-state index contributed by atoms with van der Waals surface area (Å²) in [4.78, 5) is 4.89. The van der Waals surface area contributed by atoms with E-state index < -0.39 is 0 Å². The lowest BCUT2D eigenvalue weighted by Crippen LogP contribution is -2.17. The highest BCUT2D eigenvalue weighted by molar-refractivity contribution is 6.31. The summed E-state index contributed by atoms with van der Waals surface area (Å²) in [6.07, 6.45) is 0. The van der Waals surface area contributed by atoms with Gasteiger partial charge in [0.15, 0.2) is 0 Å². The van der Waals surface area contributed by atoms with Crippen molar-refractivity contribution in [2.24, 2.45) is 0 Å². The molecular weight excluding hydrogens is 1010 g/mol. The van der Waals surface area contributed by atoms with Gasteiger partial charge in [-0.15, -0.1) is 0 Å². The van der Waals surface area contributed by atoms with Gasteiger partial charge >= 0.3 is 0 Å². The highest BCUT2D eigenvalue weighted by atomic mass is 35.5. The number of hydrogen-bond acceptors (Lipinski definition) is 2. The molecule has 0 N–H and O–H groups in total. The first-order chi connectivity index (χ1) is 38.0. The molecule has 4 heteroatoms. The van der Waals surface area contributed by atoms with Crippen molar-refractivity contribution < 1.29 is 0 Å². The lowest BCUT2D eigenvalue weighted by molar-refractivity contribution is 0.590. The fourth-order valence-electron chi connectivity index (χ4n) is 10.8. The van der Waals surface area contributed by atoms with Gasteiger partial charge < -0.3 is 9.80 Å². The Kier molecular flexibility index (Phi) is 15.4. The Morgan fingerprint density at radius 1 is 0.237 bits per heavy atom. The molecule has 0 amide bonds. The lowest BCUT2D eigenvalue weighted by Gasteiger charge is -2.34. The number of halogens is 2. The van der Waals surface area contributed by atoms with Crippen molar-refractivity contribution in [3.05, 3.63) is 263 Å². The minimum Gasteiger partial charge on any atom is -0.309 e. The van der Waals surface area contributed by atoms with Crippen LogP contribution >= 0.6 is 23.2 Å². The van der Waals surface area contributed by atoms with Crippen LogP contribution in [-0.4, -0.2) is 0 Å². The summed E-state index contributed by atoms with van der Waals surface area (Å²) < 4.78 is 0. The summed E-state index contributed by atoms with van der Waals surface area (Å²) in [6.45, 7) is 27.4. The second kappa shape index (κ2) is 22.1. The molecule has 0 saturated carbocycles. The zero-order chi connectivity index (χ0) is 56.7. The maximum Gasteiger partial charge on any atom is 0.0618 e. The molecular formula is C76H74Cl2N2. The molecule has 2 nitrogen and oxygen atoms in total. The first-order valence-electron chi connectivity index (χ1n) is 28.0. The minimum absolute atomic E-state index is 0.0819. The van der Waals surface area contributed by atoms with Crippen LogP contribution in [0.4, 0.5) is 34.1 Å². The summed E-state index contributed by atoms with van der Waals surface area (Å²) in [6, 6.07) is 84.3. The molecule has 10 rings (SSSR count). The Labute approximate surface area is 487 Å². The first-order valence-corrected chi connectivity index (χ1v) is 28.8. The van der Waals surface area contributed by atoms with Crippen molar-refractivity contribution in [1.29, 1.82) is 0 Å². The van der Waals surface area contributed by atoms with Crippen molar-refractivity contribution in [2.45, 2.75) is 105 Å². The van der Waals surface area contributed by atoms with E-state index in [0.29, 0.717) is 10.0 Å². The molecule has 80 heavy (non-hydrogen) atoms. The number of hydrogen-bond donors (Lipinski definition) is 0. The number of rotatable bonds is 11. The molecule has 402 valence electrons. The highest BCUT2D eigenvalue weighted by Gasteiger charge is 2.29. The molecule has 10 aromatic rings. The summed E-state index contributed by atoms with van der Waals surface area (Å²) in [7, 11) is 0. The van der Waals surface area contributed by atoms with E-state index in [9.17, 15) is 0 Å². The molecule has 0 aliphatic heterocycles. The van der Waals surface area contributed by atoms with Crippen molar-refractivity contribution in [1.82, 2.24) is 0 Å². The molecule has 0 fully saturated rings. The number of para-hydroxylation sites is 2. The van der Waals surface area contributed by atoms with Crippen LogP contribution in [0.2, 0.25) is 10.0 Å². The molecule has 0 aromatic heterocycles. The van der Waals surface area contributed by atoms with Gasteiger partial charge in [-0.05, 0) is 132 Å². The molecule has 0 aliphatic carbocycles. The predicted molar refractivity (Wildman–Crippen MR) is 348 cm³/mol. The molecule has 10 aromatic carbocycles. The normalized spacial score (nSPS) is 12.1. The maximum atomic E-state index is 7.19. The molecule has 0 heterocycles. The number of anilines is 6. The Balaban J connectivity index is 1.36. The zero-order valence-electron chi connectivity index (χ0n) is 48.6. The first kappa shape index (κ1) is 55.7. The average Bonchev–Trinajstić information content (AvgIpc) is 3.54. The SMILES string of the molecule is CC(C)(C)c1cccc(-c2cccc(-c3cccc(C(C)(C)C)c3)c2N(c2cccc(Cl)c2)c2cc(-c3ccccc3)cc(N(c3cccc(Cl)c3)c3c(-c4cccc(C(C)(C)C)c4)cccc3-c3cccc(C(C)(C)C)c3)c2)c1. The third kappa shape index (κ3) is 11.9. The van der Waals surface area contributed by atoms with Crippen LogP contribution < -0.4 is 9.80 Å². The van der Waals surface area contributed by atoms with E-state index in [-0.39, 0.29) is 21.7 Å². The van der Waals surface area contributed by atoms with Gasteiger partial charge in [-0.2, -0.15) is 0 Å². The molecule has 0 spiro atoms. The fraction of sp³-hybridized carbons (Fsp3) is 0.211. The molecule has 0 saturated heterocycles. The van der Waals surface area contributed by atoms with Crippen molar-refractivity contribution in [3.63, 3.8) is 0 Å². The Morgan fingerprint density at radius 2 is 0.525 bits per heavy atom. The van der Waals surface area contributed by atoms with Crippen LogP contribution in [0.15, 0.2) is 231 Å².